The molecule has 3 heterocycles. The highest BCUT2D eigenvalue weighted by molar-refractivity contribution is 6.08. The first-order valence-electron chi connectivity index (χ1n) is 38.4. The van der Waals surface area contributed by atoms with Crippen LogP contribution >= 0.6 is 0 Å². The van der Waals surface area contributed by atoms with Gasteiger partial charge in [-0.05, 0) is 228 Å². The van der Waals surface area contributed by atoms with Gasteiger partial charge in [-0.15, -0.1) is 0 Å². The fraction of sp³-hybridized carbons (Fsp3) is 0. The first-order chi connectivity index (χ1) is 55.9. The normalized spacial score (nSPS) is 11.4. The van der Waals surface area contributed by atoms with Crippen LogP contribution in [0.4, 0.5) is 34.1 Å². The van der Waals surface area contributed by atoms with E-state index >= 15 is 0 Å². The molecule has 0 unspecified atom stereocenters. The van der Waals surface area contributed by atoms with Gasteiger partial charge in [0.15, 0.2) is 0 Å². The largest absolute Gasteiger partial charge is 0.456 e. The second-order valence-corrected chi connectivity index (χ2v) is 28.7. The van der Waals surface area contributed by atoms with Crippen LogP contribution in [0.5, 0.6) is 0 Å². The van der Waals surface area contributed by atoms with E-state index in [9.17, 15) is 0 Å². The fourth-order valence-corrected chi connectivity index (χ4v) is 15.9. The van der Waals surface area contributed by atoms with Crippen LogP contribution in [-0.2, 0) is 0 Å². The van der Waals surface area contributed by atoms with Gasteiger partial charge < -0.3 is 23.1 Å². The van der Waals surface area contributed by atoms with E-state index in [-0.39, 0.29) is 0 Å². The summed E-state index contributed by atoms with van der Waals surface area (Å²) < 4.78 is 18.7. The molecule has 0 aliphatic heterocycles. The van der Waals surface area contributed by atoms with Crippen molar-refractivity contribution in [3.05, 3.63) is 437 Å². The minimum absolute atomic E-state index is 0.897. The van der Waals surface area contributed by atoms with Crippen molar-refractivity contribution in [2.45, 2.75) is 0 Å². The van der Waals surface area contributed by atoms with Crippen molar-refractivity contribution in [1.29, 1.82) is 0 Å². The highest BCUT2D eigenvalue weighted by Gasteiger charge is 2.19. The van der Waals surface area contributed by atoms with Gasteiger partial charge in [-0.1, -0.05) is 309 Å². The summed E-state index contributed by atoms with van der Waals surface area (Å²) in [7, 11) is 0. The highest BCUT2D eigenvalue weighted by atomic mass is 16.3. The standard InChI is InChI=1S/C54H35NO2.C54H37NO/c1-2-8-36(9-3-1)37-14-16-38(17-15-37)39-18-26-44(27-19-39)55(45-28-20-40(21-29-45)42-24-32-49-47-10-4-6-12-51(47)56-53(49)34-42)46-30-22-41(23-31-46)43-25-33-50-48-11-5-7-13-52(48)57-54(50)35-43;1-3-9-38(10-4-1)40-15-19-42(20-16-40)44-23-30-48(31-24-44)55(49-32-25-45(26-33-49)43-21-17-41(18-22-43)39-11-5-2-6-12-39)50-34-27-46(28-35-50)47-29-36-52-51-13-7-8-14-53(51)56-54(52)37-47/h1-35H;1-37H. The summed E-state index contributed by atoms with van der Waals surface area (Å²) in [6, 6.07) is 155. The molecule has 18 aromatic carbocycles. The number of fused-ring (bicyclic) bond motifs is 9. The molecule has 21 rings (SSSR count). The molecule has 113 heavy (non-hydrogen) atoms. The minimum atomic E-state index is 0.897. The fourth-order valence-electron chi connectivity index (χ4n) is 15.9. The van der Waals surface area contributed by atoms with E-state index in [2.05, 4.69) is 410 Å². The smallest absolute Gasteiger partial charge is 0.136 e. The van der Waals surface area contributed by atoms with E-state index in [1.807, 2.05) is 36.4 Å². The number of para-hydroxylation sites is 3. The van der Waals surface area contributed by atoms with Gasteiger partial charge in [0.2, 0.25) is 0 Å². The first kappa shape index (κ1) is 67.3. The molecule has 21 aromatic rings. The molecular weight excluding hydrogens is 1370 g/mol. The lowest BCUT2D eigenvalue weighted by Gasteiger charge is -2.26. The lowest BCUT2D eigenvalue weighted by Crippen LogP contribution is -2.09. The van der Waals surface area contributed by atoms with Crippen LogP contribution in [0.2, 0.25) is 0 Å². The molecule has 0 fully saturated rings. The average molecular weight is 1450 g/mol. The summed E-state index contributed by atoms with van der Waals surface area (Å²) in [5, 5.41) is 6.83. The van der Waals surface area contributed by atoms with Crippen LogP contribution in [0.1, 0.15) is 0 Å². The Labute approximate surface area is 655 Å². The molecule has 0 atom stereocenters. The topological polar surface area (TPSA) is 45.9 Å². The van der Waals surface area contributed by atoms with Gasteiger partial charge in [0.05, 0.1) is 0 Å². The van der Waals surface area contributed by atoms with Crippen LogP contribution < -0.4 is 9.80 Å². The van der Waals surface area contributed by atoms with Crippen molar-refractivity contribution in [2.75, 3.05) is 9.80 Å². The zero-order chi connectivity index (χ0) is 75.0. The molecule has 0 amide bonds. The van der Waals surface area contributed by atoms with Crippen molar-refractivity contribution >= 4 is 99.9 Å². The second kappa shape index (κ2) is 29.5. The number of anilines is 6. The van der Waals surface area contributed by atoms with E-state index < -0.39 is 0 Å². The molecule has 0 spiro atoms. The summed E-state index contributed by atoms with van der Waals surface area (Å²) in [6.07, 6.45) is 0. The molecule has 0 N–H and O–H groups in total. The molecule has 0 saturated heterocycles. The first-order valence-corrected chi connectivity index (χ1v) is 38.4. The van der Waals surface area contributed by atoms with Gasteiger partial charge in [0.25, 0.3) is 0 Å². The van der Waals surface area contributed by atoms with E-state index in [1.165, 1.54) is 66.8 Å². The number of rotatable bonds is 15. The summed E-state index contributed by atoms with van der Waals surface area (Å²) >= 11 is 0. The molecule has 5 heteroatoms. The van der Waals surface area contributed by atoms with Gasteiger partial charge in [-0.2, -0.15) is 0 Å². The van der Waals surface area contributed by atoms with Gasteiger partial charge in [-0.3, -0.25) is 0 Å². The molecule has 532 valence electrons. The Morgan fingerprint density at radius 1 is 0.115 bits per heavy atom. The zero-order valence-electron chi connectivity index (χ0n) is 61.7. The Kier molecular flexibility index (Phi) is 17.6. The number of hydrogen-bond acceptors (Lipinski definition) is 5. The molecule has 0 aliphatic carbocycles. The van der Waals surface area contributed by atoms with E-state index in [4.69, 9.17) is 13.3 Å². The third kappa shape index (κ3) is 13.5. The van der Waals surface area contributed by atoms with Crippen LogP contribution in [0.3, 0.4) is 0 Å². The van der Waals surface area contributed by atoms with Crippen LogP contribution in [0.25, 0.3) is 166 Å². The van der Waals surface area contributed by atoms with Crippen LogP contribution in [0.15, 0.2) is 450 Å². The van der Waals surface area contributed by atoms with E-state index in [0.717, 1.165) is 133 Å². The SMILES string of the molecule is c1ccc(-c2ccc(-c3ccc(N(c4ccc(-c5ccc(-c6ccccc6)cc5)cc4)c4ccc(-c5ccc6c(c5)oc5ccccc56)cc4)cc3)cc2)cc1.c1ccc(-c2ccc(-c3ccc(N(c4ccc(-c5ccc6c(c5)oc5ccccc56)cc4)c4ccc(-c5ccc6c(c5)oc5ccccc56)cc4)cc3)cc2)cc1. The number of benzene rings is 18. The van der Waals surface area contributed by atoms with Crippen molar-refractivity contribution < 1.29 is 13.3 Å². The predicted molar refractivity (Wildman–Crippen MR) is 473 cm³/mol. The Morgan fingerprint density at radius 3 is 0.478 bits per heavy atom. The molecule has 0 saturated carbocycles. The Bertz CT molecular complexity index is 6650. The molecule has 0 bridgehead atoms. The number of nitrogens with zero attached hydrogens (tertiary/aromatic N) is 2. The van der Waals surface area contributed by atoms with Crippen LogP contribution in [0, 0.1) is 0 Å². The summed E-state index contributed by atoms with van der Waals surface area (Å²) in [4.78, 5) is 4.65. The average Bonchev–Trinajstić information content (AvgIpc) is 1.56. The third-order valence-electron chi connectivity index (χ3n) is 21.9. The Morgan fingerprint density at radius 2 is 0.265 bits per heavy atom. The van der Waals surface area contributed by atoms with E-state index in [0.29, 0.717) is 0 Å². The third-order valence-corrected chi connectivity index (χ3v) is 21.9. The second-order valence-electron chi connectivity index (χ2n) is 28.7. The molecule has 3 aromatic heterocycles. The van der Waals surface area contributed by atoms with Crippen molar-refractivity contribution in [3.63, 3.8) is 0 Å². The van der Waals surface area contributed by atoms with E-state index in [1.54, 1.807) is 0 Å². The minimum Gasteiger partial charge on any atom is -0.456 e. The van der Waals surface area contributed by atoms with Gasteiger partial charge in [0, 0.05) is 66.4 Å². The number of hydrogen-bond donors (Lipinski definition) is 0. The van der Waals surface area contributed by atoms with Crippen molar-refractivity contribution in [2.24, 2.45) is 0 Å². The summed E-state index contributed by atoms with van der Waals surface area (Å²) in [5.74, 6) is 0. The lowest BCUT2D eigenvalue weighted by atomic mass is 9.99. The Hall–Kier alpha value is -15.0. The maximum Gasteiger partial charge on any atom is 0.136 e. The maximum absolute atomic E-state index is 6.22. The summed E-state index contributed by atoms with van der Waals surface area (Å²) in [5.41, 5.74) is 33.1. The maximum atomic E-state index is 6.22. The van der Waals surface area contributed by atoms with Crippen molar-refractivity contribution in [3.8, 4) is 100 Å². The van der Waals surface area contributed by atoms with Gasteiger partial charge in [0.1, 0.15) is 33.5 Å². The molecule has 0 radical (unpaired) electrons. The van der Waals surface area contributed by atoms with Gasteiger partial charge >= 0.3 is 0 Å². The van der Waals surface area contributed by atoms with Crippen molar-refractivity contribution in [1.82, 2.24) is 0 Å². The van der Waals surface area contributed by atoms with Gasteiger partial charge in [-0.25, -0.2) is 0 Å². The molecular formula is C108H72N2O3. The summed E-state index contributed by atoms with van der Waals surface area (Å²) in [6.45, 7) is 0. The predicted octanol–water partition coefficient (Wildman–Crippen LogP) is 31.0. The lowest BCUT2D eigenvalue weighted by molar-refractivity contribution is 0.668. The number of furan rings is 3. The quantitative estimate of drug-likeness (QED) is 0.102. The molecule has 0 aliphatic rings. The highest BCUT2D eigenvalue weighted by Crippen LogP contribution is 2.43. The molecule has 5 nitrogen and oxygen atoms in total. The Balaban J connectivity index is 0.000000147. The monoisotopic (exact) mass is 1440 g/mol. The zero-order valence-corrected chi connectivity index (χ0v) is 61.7. The van der Waals surface area contributed by atoms with Crippen LogP contribution in [-0.4, -0.2) is 0 Å².